The first kappa shape index (κ1) is 16.5. The lowest BCUT2D eigenvalue weighted by molar-refractivity contribution is 0.0856. The molecule has 2 N–H and O–H groups in total. The molecule has 1 fully saturated rings. The van der Waals surface area contributed by atoms with Crippen molar-refractivity contribution >= 4 is 23.6 Å². The molecule has 1 unspecified atom stereocenters. The fraction of sp³-hybridized carbons (Fsp3) is 0.353. The highest BCUT2D eigenvalue weighted by molar-refractivity contribution is 6.29. The quantitative estimate of drug-likeness (QED) is 0.863. The molecule has 3 rings (SSSR count). The molecular weight excluding hydrogens is 328 g/mol. The van der Waals surface area contributed by atoms with E-state index >= 15 is 0 Å². The summed E-state index contributed by atoms with van der Waals surface area (Å²) in [6.07, 6.45) is 1.50. The summed E-state index contributed by atoms with van der Waals surface area (Å²) in [6, 6.07) is 11.3. The highest BCUT2D eigenvalue weighted by atomic mass is 35.5. The Morgan fingerprint density at radius 1 is 1.33 bits per heavy atom. The number of likely N-dealkylation sites (tertiary alicyclic amines) is 1. The second kappa shape index (κ2) is 7.49. The molecule has 0 spiro atoms. The van der Waals surface area contributed by atoms with Crippen molar-refractivity contribution in [3.05, 3.63) is 52.8 Å². The van der Waals surface area contributed by atoms with Crippen LogP contribution in [-0.4, -0.2) is 34.1 Å². The molecule has 2 aromatic rings. The Bertz CT molecular complexity index is 691. The van der Waals surface area contributed by atoms with E-state index in [1.54, 1.807) is 11.0 Å². The number of hydrogen-bond donors (Lipinski definition) is 1. The standard InChI is InChI=1S/C17H19ClN4O2/c18-15-9-14(20-16(19)21-15)13-7-4-8-22(10-13)17(23)24-11-12-5-2-1-3-6-12/h1-3,5-6,9,13H,4,7-8,10-11H2,(H2,19,20,21). The maximum atomic E-state index is 12.3. The van der Waals surface area contributed by atoms with E-state index in [0.29, 0.717) is 18.2 Å². The number of ether oxygens (including phenoxy) is 1. The van der Waals surface area contributed by atoms with Crippen LogP contribution in [0, 0.1) is 0 Å². The molecule has 2 heterocycles. The number of nitrogens with two attached hydrogens (primary N) is 1. The first-order chi connectivity index (χ1) is 11.6. The third-order valence-corrected chi connectivity index (χ3v) is 4.23. The summed E-state index contributed by atoms with van der Waals surface area (Å²) in [5.41, 5.74) is 7.40. The molecular formula is C17H19ClN4O2. The number of aromatic nitrogens is 2. The van der Waals surface area contributed by atoms with E-state index in [2.05, 4.69) is 9.97 Å². The van der Waals surface area contributed by atoms with E-state index in [9.17, 15) is 4.79 Å². The smallest absolute Gasteiger partial charge is 0.410 e. The number of halogens is 1. The Hall–Kier alpha value is -2.34. The number of nitrogens with zero attached hydrogens (tertiary/aromatic N) is 3. The average Bonchev–Trinajstić information content (AvgIpc) is 2.60. The average molecular weight is 347 g/mol. The lowest BCUT2D eigenvalue weighted by Gasteiger charge is -2.31. The molecule has 0 bridgehead atoms. The third-order valence-electron chi connectivity index (χ3n) is 4.03. The SMILES string of the molecule is Nc1nc(Cl)cc(C2CCCN(C(=O)OCc3ccccc3)C2)n1. The van der Waals surface area contributed by atoms with Crippen molar-refractivity contribution in [2.45, 2.75) is 25.4 Å². The third kappa shape index (κ3) is 4.14. The molecule has 0 aliphatic carbocycles. The summed E-state index contributed by atoms with van der Waals surface area (Å²) in [5.74, 6) is 0.243. The molecule has 6 nitrogen and oxygen atoms in total. The topological polar surface area (TPSA) is 81.3 Å². The van der Waals surface area contributed by atoms with Crippen LogP contribution in [0.4, 0.5) is 10.7 Å². The molecule has 0 radical (unpaired) electrons. The van der Waals surface area contributed by atoms with Crippen LogP contribution in [-0.2, 0) is 11.3 Å². The van der Waals surface area contributed by atoms with Gasteiger partial charge in [-0.05, 0) is 24.5 Å². The second-order valence-corrected chi connectivity index (χ2v) is 6.19. The minimum absolute atomic E-state index is 0.0887. The summed E-state index contributed by atoms with van der Waals surface area (Å²) in [7, 11) is 0. The Morgan fingerprint density at radius 3 is 2.88 bits per heavy atom. The van der Waals surface area contributed by atoms with Gasteiger partial charge in [0.05, 0.1) is 5.69 Å². The van der Waals surface area contributed by atoms with Gasteiger partial charge in [0, 0.05) is 19.0 Å². The largest absolute Gasteiger partial charge is 0.445 e. The van der Waals surface area contributed by atoms with Crippen LogP contribution < -0.4 is 5.73 Å². The van der Waals surface area contributed by atoms with Crippen LogP contribution in [0.15, 0.2) is 36.4 Å². The van der Waals surface area contributed by atoms with Gasteiger partial charge in [-0.25, -0.2) is 14.8 Å². The number of amides is 1. The predicted octanol–water partition coefficient (Wildman–Crippen LogP) is 3.23. The van der Waals surface area contributed by atoms with Crippen molar-refractivity contribution in [2.75, 3.05) is 18.8 Å². The van der Waals surface area contributed by atoms with Gasteiger partial charge in [0.15, 0.2) is 0 Å². The maximum absolute atomic E-state index is 12.3. The summed E-state index contributed by atoms with van der Waals surface area (Å²) in [6.45, 7) is 1.49. The number of rotatable bonds is 3. The monoisotopic (exact) mass is 346 g/mol. The highest BCUT2D eigenvalue weighted by Crippen LogP contribution is 2.27. The van der Waals surface area contributed by atoms with Gasteiger partial charge in [0.1, 0.15) is 11.8 Å². The lowest BCUT2D eigenvalue weighted by atomic mass is 9.95. The van der Waals surface area contributed by atoms with Crippen LogP contribution in [0.25, 0.3) is 0 Å². The molecule has 24 heavy (non-hydrogen) atoms. The maximum Gasteiger partial charge on any atom is 0.410 e. The number of hydrogen-bond acceptors (Lipinski definition) is 5. The van der Waals surface area contributed by atoms with Gasteiger partial charge in [-0.3, -0.25) is 0 Å². The van der Waals surface area contributed by atoms with Crippen LogP contribution >= 0.6 is 11.6 Å². The van der Waals surface area contributed by atoms with Gasteiger partial charge in [-0.15, -0.1) is 0 Å². The lowest BCUT2D eigenvalue weighted by Crippen LogP contribution is -2.39. The summed E-state index contributed by atoms with van der Waals surface area (Å²) in [4.78, 5) is 22.1. The van der Waals surface area contributed by atoms with Crippen molar-refractivity contribution in [1.82, 2.24) is 14.9 Å². The van der Waals surface area contributed by atoms with E-state index in [0.717, 1.165) is 24.1 Å². The Labute approximate surface area is 145 Å². The number of carbonyl (C=O) groups excluding carboxylic acids is 1. The number of nitrogen functional groups attached to an aromatic ring is 1. The van der Waals surface area contributed by atoms with Crippen molar-refractivity contribution < 1.29 is 9.53 Å². The van der Waals surface area contributed by atoms with Crippen molar-refractivity contribution in [2.24, 2.45) is 0 Å². The second-order valence-electron chi connectivity index (χ2n) is 5.80. The Balaban J connectivity index is 1.61. The van der Waals surface area contributed by atoms with E-state index in [-0.39, 0.29) is 24.6 Å². The number of carbonyl (C=O) groups is 1. The van der Waals surface area contributed by atoms with Gasteiger partial charge in [0.2, 0.25) is 5.95 Å². The Morgan fingerprint density at radius 2 is 2.12 bits per heavy atom. The molecule has 1 amide bonds. The van der Waals surface area contributed by atoms with Crippen LogP contribution in [0.3, 0.4) is 0 Å². The first-order valence-corrected chi connectivity index (χ1v) is 8.25. The van der Waals surface area contributed by atoms with Crippen molar-refractivity contribution in [1.29, 1.82) is 0 Å². The molecule has 1 aromatic carbocycles. The van der Waals surface area contributed by atoms with E-state index in [1.165, 1.54) is 0 Å². The van der Waals surface area contributed by atoms with Crippen molar-refractivity contribution in [3.8, 4) is 0 Å². The molecule has 1 aliphatic rings. The van der Waals surface area contributed by atoms with Crippen LogP contribution in [0.5, 0.6) is 0 Å². The minimum atomic E-state index is -0.309. The van der Waals surface area contributed by atoms with E-state index in [4.69, 9.17) is 22.1 Å². The molecule has 1 aromatic heterocycles. The van der Waals surface area contributed by atoms with Gasteiger partial charge in [0.25, 0.3) is 0 Å². The molecule has 0 saturated carbocycles. The minimum Gasteiger partial charge on any atom is -0.445 e. The van der Waals surface area contributed by atoms with Crippen LogP contribution in [0.1, 0.15) is 30.0 Å². The fourth-order valence-corrected chi connectivity index (χ4v) is 3.06. The number of benzene rings is 1. The zero-order valence-corrected chi connectivity index (χ0v) is 13.9. The normalized spacial score (nSPS) is 17.5. The van der Waals surface area contributed by atoms with Gasteiger partial charge in [-0.1, -0.05) is 41.9 Å². The molecule has 7 heteroatoms. The predicted molar refractivity (Wildman–Crippen MR) is 91.6 cm³/mol. The molecule has 126 valence electrons. The molecule has 1 saturated heterocycles. The van der Waals surface area contributed by atoms with E-state index < -0.39 is 0 Å². The van der Waals surface area contributed by atoms with Gasteiger partial charge < -0.3 is 15.4 Å². The fourth-order valence-electron chi connectivity index (χ4n) is 2.86. The highest BCUT2D eigenvalue weighted by Gasteiger charge is 2.27. The zero-order valence-electron chi connectivity index (χ0n) is 13.2. The van der Waals surface area contributed by atoms with Crippen molar-refractivity contribution in [3.63, 3.8) is 0 Å². The van der Waals surface area contributed by atoms with Crippen LogP contribution in [0.2, 0.25) is 5.15 Å². The van der Waals surface area contributed by atoms with Gasteiger partial charge in [-0.2, -0.15) is 0 Å². The molecule has 1 aliphatic heterocycles. The summed E-state index contributed by atoms with van der Waals surface area (Å²) in [5, 5.41) is 0.321. The molecule has 1 atom stereocenters. The van der Waals surface area contributed by atoms with Gasteiger partial charge >= 0.3 is 6.09 Å². The zero-order chi connectivity index (χ0) is 16.9. The summed E-state index contributed by atoms with van der Waals surface area (Å²) < 4.78 is 5.40. The van der Waals surface area contributed by atoms with E-state index in [1.807, 2.05) is 30.3 Å². The number of anilines is 1. The summed E-state index contributed by atoms with van der Waals surface area (Å²) >= 11 is 5.95. The number of piperidine rings is 1. The first-order valence-electron chi connectivity index (χ1n) is 7.87. The Kier molecular flexibility index (Phi) is 5.15.